The van der Waals surface area contributed by atoms with Crippen LogP contribution in [-0.4, -0.2) is 5.91 Å². The summed E-state index contributed by atoms with van der Waals surface area (Å²) in [6.45, 7) is 6.15. The van der Waals surface area contributed by atoms with Gasteiger partial charge in [-0.2, -0.15) is 0 Å². The van der Waals surface area contributed by atoms with Gasteiger partial charge in [-0.3, -0.25) is 4.79 Å². The average Bonchev–Trinajstić information content (AvgIpc) is 2.57. The minimum atomic E-state index is -0.305. The van der Waals surface area contributed by atoms with Crippen molar-refractivity contribution in [1.82, 2.24) is 0 Å². The molecule has 24 heavy (non-hydrogen) atoms. The molecule has 0 saturated heterocycles. The Balaban J connectivity index is 3.49. The summed E-state index contributed by atoms with van der Waals surface area (Å²) in [7, 11) is 0. The Labute approximate surface area is 151 Å². The first-order valence-corrected chi connectivity index (χ1v) is 10.3. The van der Waals surface area contributed by atoms with Gasteiger partial charge in [-0.25, -0.2) is 0 Å². The number of rotatable bonds is 16. The second-order valence-electron chi connectivity index (χ2n) is 6.87. The molecule has 140 valence electrons. The fraction of sp³-hybridized carbons (Fsp3) is 0.773. The third-order valence-corrected chi connectivity index (χ3v) is 4.80. The van der Waals surface area contributed by atoms with Gasteiger partial charge in [0.2, 0.25) is 5.91 Å². The van der Waals surface area contributed by atoms with Crippen LogP contribution in [0.2, 0.25) is 0 Å². The van der Waals surface area contributed by atoms with E-state index in [4.69, 9.17) is 5.73 Å². The number of amides is 1. The van der Waals surface area contributed by atoms with Gasteiger partial charge in [0.05, 0.1) is 0 Å². The molecule has 2 heteroatoms. The minimum absolute atomic E-state index is 0.305. The Morgan fingerprint density at radius 1 is 0.708 bits per heavy atom. The van der Waals surface area contributed by atoms with Crippen molar-refractivity contribution in [3.8, 4) is 0 Å². The highest BCUT2D eigenvalue weighted by molar-refractivity contribution is 5.96. The Morgan fingerprint density at radius 2 is 1.12 bits per heavy atom. The average molecular weight is 336 g/mol. The number of primary amides is 1. The van der Waals surface area contributed by atoms with Crippen LogP contribution in [0.25, 0.3) is 0 Å². The van der Waals surface area contributed by atoms with E-state index < -0.39 is 0 Å². The number of carbonyl (C=O) groups is 1. The van der Waals surface area contributed by atoms with E-state index in [1.807, 2.05) is 26.0 Å². The maximum absolute atomic E-state index is 11.4. The second-order valence-corrected chi connectivity index (χ2v) is 6.87. The van der Waals surface area contributed by atoms with Crippen molar-refractivity contribution in [1.29, 1.82) is 0 Å². The van der Waals surface area contributed by atoms with Crippen LogP contribution in [0.15, 0.2) is 23.3 Å². The highest BCUT2D eigenvalue weighted by atomic mass is 16.1. The lowest BCUT2D eigenvalue weighted by Gasteiger charge is -2.08. The topological polar surface area (TPSA) is 43.1 Å². The molecule has 0 radical (unpaired) electrons. The predicted molar refractivity (Wildman–Crippen MR) is 107 cm³/mol. The Hall–Kier alpha value is -1.05. The predicted octanol–water partition coefficient (Wildman–Crippen LogP) is 6.85. The van der Waals surface area contributed by atoms with Gasteiger partial charge in [0, 0.05) is 5.57 Å². The maximum Gasteiger partial charge on any atom is 0.248 e. The quantitative estimate of drug-likeness (QED) is 0.187. The van der Waals surface area contributed by atoms with Crippen molar-refractivity contribution >= 4 is 5.91 Å². The number of nitrogens with two attached hydrogens (primary N) is 1. The molecule has 0 fully saturated rings. The molecule has 0 unspecified atom stereocenters. The molecule has 0 aromatic carbocycles. The molecule has 0 atom stereocenters. The van der Waals surface area contributed by atoms with Crippen molar-refractivity contribution in [2.45, 2.75) is 111 Å². The van der Waals surface area contributed by atoms with Gasteiger partial charge in [-0.05, 0) is 32.3 Å². The minimum Gasteiger partial charge on any atom is -0.366 e. The lowest BCUT2D eigenvalue weighted by Crippen LogP contribution is -2.15. The highest BCUT2D eigenvalue weighted by Gasteiger charge is 2.08. The van der Waals surface area contributed by atoms with Crippen molar-refractivity contribution in [2.75, 3.05) is 0 Å². The number of hydrogen-bond acceptors (Lipinski definition) is 1. The Morgan fingerprint density at radius 3 is 1.46 bits per heavy atom. The van der Waals surface area contributed by atoms with Gasteiger partial charge in [-0.1, -0.05) is 96.1 Å². The summed E-state index contributed by atoms with van der Waals surface area (Å²) in [5.41, 5.74) is 7.22. The lowest BCUT2D eigenvalue weighted by molar-refractivity contribution is -0.114. The molecule has 2 N–H and O–H groups in total. The molecule has 0 bridgehead atoms. The molecule has 0 aliphatic carbocycles. The van der Waals surface area contributed by atoms with Crippen LogP contribution in [0.3, 0.4) is 0 Å². The van der Waals surface area contributed by atoms with E-state index in [0.717, 1.165) is 18.4 Å². The summed E-state index contributed by atoms with van der Waals surface area (Å²) in [6, 6.07) is 0. The first-order valence-electron chi connectivity index (χ1n) is 10.3. The van der Waals surface area contributed by atoms with Gasteiger partial charge in [0.1, 0.15) is 0 Å². The summed E-state index contributed by atoms with van der Waals surface area (Å²) < 4.78 is 0. The summed E-state index contributed by atoms with van der Waals surface area (Å²) in [5, 5.41) is 0. The molecule has 0 aromatic rings. The van der Waals surface area contributed by atoms with Crippen LogP contribution in [-0.2, 0) is 4.79 Å². The summed E-state index contributed by atoms with van der Waals surface area (Å²) >= 11 is 0. The van der Waals surface area contributed by atoms with Crippen molar-refractivity contribution in [3.63, 3.8) is 0 Å². The highest BCUT2D eigenvalue weighted by Crippen LogP contribution is 2.19. The van der Waals surface area contributed by atoms with E-state index in [0.29, 0.717) is 5.57 Å². The van der Waals surface area contributed by atoms with Crippen LogP contribution >= 0.6 is 0 Å². The molecule has 0 saturated carbocycles. The zero-order chi connectivity index (χ0) is 18.0. The van der Waals surface area contributed by atoms with E-state index in [9.17, 15) is 4.79 Å². The van der Waals surface area contributed by atoms with E-state index in [2.05, 4.69) is 6.92 Å². The molecule has 2 nitrogen and oxygen atoms in total. The smallest absolute Gasteiger partial charge is 0.248 e. The third kappa shape index (κ3) is 12.4. The monoisotopic (exact) mass is 335 g/mol. The summed E-state index contributed by atoms with van der Waals surface area (Å²) in [5.74, 6) is -0.305. The van der Waals surface area contributed by atoms with Gasteiger partial charge in [0.25, 0.3) is 0 Å². The maximum atomic E-state index is 11.4. The lowest BCUT2D eigenvalue weighted by atomic mass is 9.98. The van der Waals surface area contributed by atoms with Crippen molar-refractivity contribution in [2.24, 2.45) is 5.73 Å². The fourth-order valence-electron chi connectivity index (χ4n) is 3.25. The first kappa shape index (κ1) is 22.9. The first-order chi connectivity index (χ1) is 11.7. The molecule has 0 aromatic heterocycles. The van der Waals surface area contributed by atoms with Gasteiger partial charge in [0.15, 0.2) is 0 Å². The molecule has 0 rings (SSSR count). The second kappa shape index (κ2) is 16.8. The zero-order valence-electron chi connectivity index (χ0n) is 16.5. The Bertz CT molecular complexity index is 368. The van der Waals surface area contributed by atoms with Gasteiger partial charge >= 0.3 is 0 Å². The number of carbonyl (C=O) groups excluding carboxylic acids is 1. The van der Waals surface area contributed by atoms with Crippen LogP contribution in [0.4, 0.5) is 0 Å². The van der Waals surface area contributed by atoms with Crippen molar-refractivity contribution in [3.05, 3.63) is 23.3 Å². The van der Waals surface area contributed by atoms with E-state index >= 15 is 0 Å². The molecular formula is C22H41NO. The van der Waals surface area contributed by atoms with Gasteiger partial charge in [-0.15, -0.1) is 0 Å². The van der Waals surface area contributed by atoms with Crippen LogP contribution < -0.4 is 5.73 Å². The van der Waals surface area contributed by atoms with Gasteiger partial charge < -0.3 is 5.73 Å². The molecule has 0 aliphatic heterocycles. The number of unbranched alkanes of at least 4 members (excludes halogenated alkanes) is 12. The molecule has 1 amide bonds. The van der Waals surface area contributed by atoms with Crippen LogP contribution in [0.5, 0.6) is 0 Å². The summed E-state index contributed by atoms with van der Waals surface area (Å²) in [4.78, 5) is 11.4. The SMILES string of the molecule is CC=C(CCCCCCCCCCCCCCC)C(=CC)C(N)=O. The van der Waals surface area contributed by atoms with Crippen LogP contribution in [0, 0.1) is 0 Å². The van der Waals surface area contributed by atoms with E-state index in [-0.39, 0.29) is 5.91 Å². The standard InChI is InChI=1S/C22H41NO/c1-4-7-8-9-10-11-12-13-14-15-16-17-18-19-20(5-2)21(6-3)22(23)24/h5-6H,4,7-19H2,1-3H3,(H2,23,24). The van der Waals surface area contributed by atoms with Crippen molar-refractivity contribution < 1.29 is 4.79 Å². The third-order valence-electron chi connectivity index (χ3n) is 4.80. The molecule has 0 aliphatic rings. The normalized spacial score (nSPS) is 12.6. The molecule has 0 heterocycles. The van der Waals surface area contributed by atoms with Crippen LogP contribution in [0.1, 0.15) is 111 Å². The summed E-state index contributed by atoms with van der Waals surface area (Å²) in [6.07, 6.45) is 22.6. The molecular weight excluding hydrogens is 294 g/mol. The molecule has 0 spiro atoms. The zero-order valence-corrected chi connectivity index (χ0v) is 16.5. The fourth-order valence-corrected chi connectivity index (χ4v) is 3.25. The van der Waals surface area contributed by atoms with E-state index in [1.165, 1.54) is 77.0 Å². The Kier molecular flexibility index (Phi) is 16.1. The largest absolute Gasteiger partial charge is 0.366 e. The van der Waals surface area contributed by atoms with E-state index in [1.54, 1.807) is 0 Å². The number of hydrogen-bond donors (Lipinski definition) is 1. The number of allylic oxidation sites excluding steroid dienone is 2.